The number of methoxy groups -OCH3 is 1. The summed E-state index contributed by atoms with van der Waals surface area (Å²) in [5.41, 5.74) is 0. The van der Waals surface area contributed by atoms with Crippen LogP contribution in [0.1, 0.15) is 25.7 Å². The number of hydrogen-bond acceptors (Lipinski definition) is 5. The minimum absolute atomic E-state index is 0. The molecule has 0 aliphatic carbocycles. The van der Waals surface area contributed by atoms with E-state index in [1.54, 1.807) is 7.11 Å². The lowest BCUT2D eigenvalue weighted by molar-refractivity contribution is -0.121. The first kappa shape index (κ1) is 21.6. The van der Waals surface area contributed by atoms with Gasteiger partial charge in [-0.2, -0.15) is 0 Å². The average Bonchev–Trinajstić information content (AvgIpc) is 2.97. The molecule has 0 spiro atoms. The molecular weight excluding hydrogens is 330 g/mol. The van der Waals surface area contributed by atoms with Crippen molar-refractivity contribution in [3.05, 3.63) is 0 Å². The highest BCUT2D eigenvalue weighted by molar-refractivity contribution is 7.89. The van der Waals surface area contributed by atoms with E-state index in [9.17, 15) is 13.2 Å². The number of carbonyl (C=O) groups excluding carboxylic acids is 1. The van der Waals surface area contributed by atoms with E-state index in [1.165, 1.54) is 4.31 Å². The Morgan fingerprint density at radius 2 is 1.86 bits per heavy atom. The molecule has 0 aromatic carbocycles. The molecule has 0 radical (unpaired) electrons. The van der Waals surface area contributed by atoms with Crippen LogP contribution >= 0.6 is 12.4 Å². The van der Waals surface area contributed by atoms with E-state index in [1.807, 2.05) is 0 Å². The number of sulfonamides is 1. The minimum Gasteiger partial charge on any atom is -0.383 e. The van der Waals surface area contributed by atoms with Gasteiger partial charge in [0.15, 0.2) is 0 Å². The van der Waals surface area contributed by atoms with E-state index >= 15 is 0 Å². The molecule has 0 aromatic heterocycles. The highest BCUT2D eigenvalue weighted by atomic mass is 35.5. The lowest BCUT2D eigenvalue weighted by atomic mass is 10.3. The predicted octanol–water partition coefficient (Wildman–Crippen LogP) is -0.0338. The quantitative estimate of drug-likeness (QED) is 0.507. The van der Waals surface area contributed by atoms with E-state index in [-0.39, 0.29) is 30.5 Å². The molecule has 22 heavy (non-hydrogen) atoms. The Balaban J connectivity index is 0.00000441. The number of hydrogen-bond donors (Lipinski definition) is 2. The molecule has 1 amide bonds. The van der Waals surface area contributed by atoms with Crippen molar-refractivity contribution >= 4 is 28.3 Å². The monoisotopic (exact) mass is 357 g/mol. The Morgan fingerprint density at radius 3 is 2.50 bits per heavy atom. The molecule has 0 aromatic rings. The van der Waals surface area contributed by atoms with Gasteiger partial charge in [0.25, 0.3) is 0 Å². The van der Waals surface area contributed by atoms with Gasteiger partial charge in [-0.25, -0.2) is 12.7 Å². The molecule has 1 aliphatic rings. The Morgan fingerprint density at radius 1 is 1.18 bits per heavy atom. The minimum atomic E-state index is -3.16. The van der Waals surface area contributed by atoms with E-state index < -0.39 is 10.0 Å². The largest absolute Gasteiger partial charge is 0.383 e. The van der Waals surface area contributed by atoms with Crippen LogP contribution in [0.5, 0.6) is 0 Å². The fourth-order valence-electron chi connectivity index (χ4n) is 2.19. The van der Waals surface area contributed by atoms with E-state index in [4.69, 9.17) is 4.74 Å². The van der Waals surface area contributed by atoms with Gasteiger partial charge in [-0.15, -0.1) is 12.4 Å². The van der Waals surface area contributed by atoms with Crippen LogP contribution in [-0.2, 0) is 19.6 Å². The summed E-state index contributed by atoms with van der Waals surface area (Å²) in [7, 11) is -1.53. The van der Waals surface area contributed by atoms with Gasteiger partial charge in [0.05, 0.1) is 12.4 Å². The Labute approximate surface area is 139 Å². The lowest BCUT2D eigenvalue weighted by Crippen LogP contribution is -2.34. The van der Waals surface area contributed by atoms with Crippen molar-refractivity contribution in [1.82, 2.24) is 14.9 Å². The highest BCUT2D eigenvalue weighted by Crippen LogP contribution is 2.14. The molecule has 0 atom stereocenters. The first-order valence-corrected chi connectivity index (χ1v) is 9.11. The van der Waals surface area contributed by atoms with Crippen molar-refractivity contribution in [3.63, 3.8) is 0 Å². The Kier molecular flexibility index (Phi) is 11.8. The fourth-order valence-corrected chi connectivity index (χ4v) is 3.77. The van der Waals surface area contributed by atoms with E-state index in [2.05, 4.69) is 10.6 Å². The first-order valence-electron chi connectivity index (χ1n) is 7.50. The van der Waals surface area contributed by atoms with Gasteiger partial charge in [-0.1, -0.05) is 0 Å². The molecule has 132 valence electrons. The van der Waals surface area contributed by atoms with Crippen molar-refractivity contribution in [1.29, 1.82) is 0 Å². The molecular formula is C13H28ClN3O4S. The van der Waals surface area contributed by atoms with E-state index in [0.29, 0.717) is 39.2 Å². The van der Waals surface area contributed by atoms with Crippen LogP contribution in [0.4, 0.5) is 0 Å². The summed E-state index contributed by atoms with van der Waals surface area (Å²) in [6, 6.07) is 0. The molecule has 0 unspecified atom stereocenters. The standard InChI is InChI=1S/C13H27N3O4S.ClH/c1-20-11-8-14-6-7-15-13(17)5-4-12-21(18,19)16-9-2-3-10-16;/h14H,2-12H2,1H3,(H,15,17);1H. The number of amides is 1. The molecule has 2 N–H and O–H groups in total. The molecule has 1 rings (SSSR count). The molecule has 1 saturated heterocycles. The SMILES string of the molecule is COCCNCCNC(=O)CCCS(=O)(=O)N1CCCC1.Cl. The molecule has 7 nitrogen and oxygen atoms in total. The maximum absolute atomic E-state index is 11.9. The number of ether oxygens (including phenoxy) is 1. The summed E-state index contributed by atoms with van der Waals surface area (Å²) in [5.74, 6) is -0.0351. The van der Waals surface area contributed by atoms with Crippen LogP contribution in [0, 0.1) is 0 Å². The topological polar surface area (TPSA) is 87.7 Å². The highest BCUT2D eigenvalue weighted by Gasteiger charge is 2.24. The maximum Gasteiger partial charge on any atom is 0.220 e. The van der Waals surface area contributed by atoms with Gasteiger partial charge < -0.3 is 15.4 Å². The van der Waals surface area contributed by atoms with Crippen LogP contribution in [-0.4, -0.2) is 70.8 Å². The summed E-state index contributed by atoms with van der Waals surface area (Å²) >= 11 is 0. The Hall–Kier alpha value is -0.410. The fraction of sp³-hybridized carbons (Fsp3) is 0.923. The summed E-state index contributed by atoms with van der Waals surface area (Å²) in [6.07, 6.45) is 2.51. The van der Waals surface area contributed by atoms with Gasteiger partial charge in [-0.3, -0.25) is 4.79 Å². The van der Waals surface area contributed by atoms with Crippen molar-refractivity contribution in [2.75, 3.05) is 52.2 Å². The van der Waals surface area contributed by atoms with Crippen LogP contribution in [0.15, 0.2) is 0 Å². The van der Waals surface area contributed by atoms with Crippen LogP contribution in [0.2, 0.25) is 0 Å². The Bertz CT molecular complexity index is 400. The summed E-state index contributed by atoms with van der Waals surface area (Å²) < 4.78 is 30.3. The number of nitrogens with one attached hydrogen (secondary N) is 2. The van der Waals surface area contributed by atoms with Gasteiger partial charge >= 0.3 is 0 Å². The predicted molar refractivity (Wildman–Crippen MR) is 88.8 cm³/mol. The maximum atomic E-state index is 11.9. The van der Waals surface area contributed by atoms with Crippen molar-refractivity contribution in [2.24, 2.45) is 0 Å². The molecule has 1 heterocycles. The molecule has 1 aliphatic heterocycles. The molecule has 1 fully saturated rings. The van der Waals surface area contributed by atoms with Crippen molar-refractivity contribution < 1.29 is 17.9 Å². The van der Waals surface area contributed by atoms with Crippen LogP contribution < -0.4 is 10.6 Å². The summed E-state index contributed by atoms with van der Waals surface area (Å²) in [6.45, 7) is 3.87. The molecule has 9 heteroatoms. The average molecular weight is 358 g/mol. The smallest absolute Gasteiger partial charge is 0.220 e. The van der Waals surface area contributed by atoms with Crippen LogP contribution in [0.3, 0.4) is 0 Å². The van der Waals surface area contributed by atoms with Gasteiger partial charge in [0.2, 0.25) is 15.9 Å². The molecule has 0 saturated carbocycles. The summed E-state index contributed by atoms with van der Waals surface area (Å²) in [5, 5.41) is 5.88. The van der Waals surface area contributed by atoms with Crippen LogP contribution in [0.25, 0.3) is 0 Å². The number of carbonyl (C=O) groups is 1. The third-order valence-electron chi connectivity index (χ3n) is 3.37. The lowest BCUT2D eigenvalue weighted by Gasteiger charge is -2.15. The normalized spacial score (nSPS) is 15.5. The van der Waals surface area contributed by atoms with Crippen molar-refractivity contribution in [3.8, 4) is 0 Å². The second-order valence-corrected chi connectivity index (χ2v) is 7.21. The molecule has 0 bridgehead atoms. The van der Waals surface area contributed by atoms with Gasteiger partial charge in [0.1, 0.15) is 0 Å². The zero-order chi connectivity index (χ0) is 15.6. The number of nitrogens with zero attached hydrogens (tertiary/aromatic N) is 1. The third-order valence-corrected chi connectivity index (χ3v) is 5.33. The number of halogens is 1. The number of rotatable bonds is 11. The first-order chi connectivity index (χ1) is 10.1. The second-order valence-electron chi connectivity index (χ2n) is 5.12. The summed E-state index contributed by atoms with van der Waals surface area (Å²) in [4.78, 5) is 11.6. The zero-order valence-corrected chi connectivity index (χ0v) is 14.8. The zero-order valence-electron chi connectivity index (χ0n) is 13.2. The van der Waals surface area contributed by atoms with Gasteiger partial charge in [0, 0.05) is 46.3 Å². The third kappa shape index (κ3) is 8.89. The van der Waals surface area contributed by atoms with Gasteiger partial charge in [-0.05, 0) is 19.3 Å². The van der Waals surface area contributed by atoms with E-state index in [0.717, 1.165) is 19.4 Å². The second kappa shape index (κ2) is 12.1. The van der Waals surface area contributed by atoms with Crippen molar-refractivity contribution in [2.45, 2.75) is 25.7 Å².